The van der Waals surface area contributed by atoms with E-state index in [1.807, 2.05) is 47.1 Å². The summed E-state index contributed by atoms with van der Waals surface area (Å²) in [5, 5.41) is 5.85. The van der Waals surface area contributed by atoms with Crippen LogP contribution in [0.1, 0.15) is 31.7 Å². The Hall–Kier alpha value is -3.82. The molecule has 0 saturated heterocycles. The quantitative estimate of drug-likeness (QED) is 0.320. The van der Waals surface area contributed by atoms with Crippen LogP contribution in [0.15, 0.2) is 54.9 Å². The summed E-state index contributed by atoms with van der Waals surface area (Å²) in [5.74, 6) is 1.28. The number of rotatable bonds is 7. The van der Waals surface area contributed by atoms with Crippen molar-refractivity contribution in [3.8, 4) is 22.6 Å². The molecule has 184 valence electrons. The summed E-state index contributed by atoms with van der Waals surface area (Å²) in [6.45, 7) is 1.25. The van der Waals surface area contributed by atoms with Crippen LogP contribution in [0, 0.1) is 0 Å². The van der Waals surface area contributed by atoms with Crippen molar-refractivity contribution < 1.29 is 9.47 Å². The van der Waals surface area contributed by atoms with Crippen LogP contribution < -0.4 is 5.73 Å². The second kappa shape index (κ2) is 9.67. The summed E-state index contributed by atoms with van der Waals surface area (Å²) in [6.07, 6.45) is 5.68. The first kappa shape index (κ1) is 22.6. The Labute approximate surface area is 208 Å². The number of fused-ring (bicyclic) bond motifs is 2. The van der Waals surface area contributed by atoms with E-state index in [2.05, 4.69) is 21.0 Å². The second-order valence-electron chi connectivity index (χ2n) is 9.23. The highest BCUT2D eigenvalue weighted by molar-refractivity contribution is 5.99. The summed E-state index contributed by atoms with van der Waals surface area (Å²) in [5.41, 5.74) is 11.8. The largest absolute Gasteiger partial charge is 0.383 e. The predicted octanol–water partition coefficient (Wildman–Crippen LogP) is 4.77. The molecule has 2 aromatic carbocycles. The Morgan fingerprint density at radius 2 is 1.83 bits per heavy atom. The van der Waals surface area contributed by atoms with Gasteiger partial charge in [-0.15, -0.1) is 0 Å². The lowest BCUT2D eigenvalue weighted by molar-refractivity contribution is -0.00691. The summed E-state index contributed by atoms with van der Waals surface area (Å²) in [4.78, 5) is 17.1. The van der Waals surface area contributed by atoms with Crippen molar-refractivity contribution in [2.75, 3.05) is 26.1 Å². The molecule has 1 fully saturated rings. The molecule has 0 spiro atoms. The number of aromatic nitrogens is 6. The highest BCUT2D eigenvalue weighted by Crippen LogP contribution is 2.37. The number of imidazole rings is 1. The fourth-order valence-electron chi connectivity index (χ4n) is 5.10. The molecule has 0 amide bonds. The zero-order valence-corrected chi connectivity index (χ0v) is 20.2. The Bertz CT molecular complexity index is 1490. The van der Waals surface area contributed by atoms with Crippen LogP contribution in [0.2, 0.25) is 0 Å². The van der Waals surface area contributed by atoms with E-state index in [4.69, 9.17) is 25.3 Å². The average Bonchev–Trinajstić information content (AvgIpc) is 3.52. The summed E-state index contributed by atoms with van der Waals surface area (Å²) in [7, 11) is 1.69. The van der Waals surface area contributed by atoms with Crippen LogP contribution in [-0.4, -0.2) is 56.1 Å². The van der Waals surface area contributed by atoms with Crippen LogP contribution in [-0.2, 0) is 9.47 Å². The third-order valence-electron chi connectivity index (χ3n) is 6.95. The fraction of sp³-hybridized carbons (Fsp3) is 0.333. The first-order valence-electron chi connectivity index (χ1n) is 12.4. The lowest BCUT2D eigenvalue weighted by Gasteiger charge is -2.28. The van der Waals surface area contributed by atoms with E-state index in [9.17, 15) is 0 Å². The predicted molar refractivity (Wildman–Crippen MR) is 139 cm³/mol. The molecule has 0 bridgehead atoms. The summed E-state index contributed by atoms with van der Waals surface area (Å²) in [6, 6.07) is 16.5. The van der Waals surface area contributed by atoms with Crippen molar-refractivity contribution in [3.63, 3.8) is 0 Å². The SMILES string of the molecule is COCCOC1CCC(n2nc(-c3ccc4nc(-c5ccccc5)[nH]c4c3)c3c(N)ncnc32)CC1. The number of H-pyrrole nitrogens is 1. The number of hydrogen-bond donors (Lipinski definition) is 2. The van der Waals surface area contributed by atoms with E-state index in [0.29, 0.717) is 19.0 Å². The molecule has 0 radical (unpaired) electrons. The Kier molecular flexibility index (Phi) is 6.08. The van der Waals surface area contributed by atoms with E-state index < -0.39 is 0 Å². The minimum Gasteiger partial charge on any atom is -0.383 e. The van der Waals surface area contributed by atoms with Gasteiger partial charge in [0, 0.05) is 18.2 Å². The number of nitrogens with zero attached hydrogens (tertiary/aromatic N) is 5. The first-order chi connectivity index (χ1) is 17.7. The maximum atomic E-state index is 6.36. The fourth-order valence-corrected chi connectivity index (χ4v) is 5.10. The molecular formula is C27H29N7O2. The number of ether oxygens (including phenoxy) is 2. The van der Waals surface area contributed by atoms with Gasteiger partial charge in [0.2, 0.25) is 0 Å². The third-order valence-corrected chi connectivity index (χ3v) is 6.95. The van der Waals surface area contributed by atoms with Crippen LogP contribution in [0.5, 0.6) is 0 Å². The van der Waals surface area contributed by atoms with Crippen LogP contribution in [0.3, 0.4) is 0 Å². The molecule has 3 aromatic heterocycles. The van der Waals surface area contributed by atoms with Crippen LogP contribution in [0.4, 0.5) is 5.82 Å². The van der Waals surface area contributed by atoms with Gasteiger partial charge in [-0.3, -0.25) is 0 Å². The molecule has 0 aliphatic heterocycles. The summed E-state index contributed by atoms with van der Waals surface area (Å²) >= 11 is 0. The standard InChI is InChI=1S/C27H29N7O2/c1-35-13-14-36-20-10-8-19(9-11-20)34-27-23(25(28)29-16-30-27)24(33-34)18-7-12-21-22(15-18)32-26(31-21)17-5-3-2-4-6-17/h2-7,12,15-16,19-20H,8-11,13-14H2,1H3,(H,31,32)(H2,28,29,30). The maximum absolute atomic E-state index is 6.36. The van der Waals surface area contributed by atoms with Crippen molar-refractivity contribution in [1.82, 2.24) is 29.7 Å². The van der Waals surface area contributed by atoms with Gasteiger partial charge < -0.3 is 20.2 Å². The number of hydrogen-bond acceptors (Lipinski definition) is 7. The molecule has 1 saturated carbocycles. The first-order valence-corrected chi connectivity index (χ1v) is 12.4. The third kappa shape index (κ3) is 4.20. The van der Waals surface area contributed by atoms with Crippen LogP contribution in [0.25, 0.3) is 44.7 Å². The zero-order chi connectivity index (χ0) is 24.5. The highest BCUT2D eigenvalue weighted by atomic mass is 16.5. The average molecular weight is 484 g/mol. The Morgan fingerprint density at radius 1 is 1.00 bits per heavy atom. The van der Waals surface area contributed by atoms with E-state index >= 15 is 0 Å². The van der Waals surface area contributed by atoms with E-state index in [1.165, 1.54) is 6.33 Å². The monoisotopic (exact) mass is 483 g/mol. The van der Waals surface area contributed by atoms with Crippen LogP contribution >= 0.6 is 0 Å². The van der Waals surface area contributed by atoms with Gasteiger partial charge in [0.25, 0.3) is 0 Å². The normalized spacial score (nSPS) is 18.2. The molecule has 1 aliphatic carbocycles. The van der Waals surface area contributed by atoms with Gasteiger partial charge in [0.05, 0.1) is 41.8 Å². The van der Waals surface area contributed by atoms with E-state index in [0.717, 1.165) is 70.4 Å². The Balaban J connectivity index is 1.34. The molecule has 5 aromatic rings. The highest BCUT2D eigenvalue weighted by Gasteiger charge is 2.27. The lowest BCUT2D eigenvalue weighted by atomic mass is 9.93. The van der Waals surface area contributed by atoms with Gasteiger partial charge in [0.15, 0.2) is 5.65 Å². The van der Waals surface area contributed by atoms with Crippen molar-refractivity contribution in [3.05, 3.63) is 54.9 Å². The second-order valence-corrected chi connectivity index (χ2v) is 9.23. The molecule has 3 heterocycles. The van der Waals surface area contributed by atoms with E-state index in [1.54, 1.807) is 7.11 Å². The zero-order valence-electron chi connectivity index (χ0n) is 20.2. The molecule has 0 atom stereocenters. The van der Waals surface area contributed by atoms with Crippen molar-refractivity contribution in [2.45, 2.75) is 37.8 Å². The minimum atomic E-state index is 0.235. The van der Waals surface area contributed by atoms with Crippen molar-refractivity contribution in [2.24, 2.45) is 0 Å². The number of nitrogens with two attached hydrogens (primary N) is 1. The van der Waals surface area contributed by atoms with Crippen molar-refractivity contribution >= 4 is 27.9 Å². The molecule has 0 unspecified atom stereocenters. The summed E-state index contributed by atoms with van der Waals surface area (Å²) < 4.78 is 13.1. The Morgan fingerprint density at radius 3 is 2.64 bits per heavy atom. The number of nitrogen functional groups attached to an aromatic ring is 1. The van der Waals surface area contributed by atoms with Crippen molar-refractivity contribution in [1.29, 1.82) is 0 Å². The molecule has 9 nitrogen and oxygen atoms in total. The minimum absolute atomic E-state index is 0.235. The lowest BCUT2D eigenvalue weighted by Crippen LogP contribution is -2.25. The number of anilines is 1. The van der Waals surface area contributed by atoms with Gasteiger partial charge >= 0.3 is 0 Å². The smallest absolute Gasteiger partial charge is 0.164 e. The van der Waals surface area contributed by atoms with E-state index in [-0.39, 0.29) is 12.1 Å². The molecule has 1 aliphatic rings. The topological polar surface area (TPSA) is 117 Å². The molecule has 36 heavy (non-hydrogen) atoms. The van der Waals surface area contributed by atoms with Gasteiger partial charge in [-0.2, -0.15) is 5.10 Å². The van der Waals surface area contributed by atoms with Gasteiger partial charge in [0.1, 0.15) is 23.7 Å². The van der Waals surface area contributed by atoms with Gasteiger partial charge in [-0.25, -0.2) is 19.6 Å². The number of benzene rings is 2. The number of nitrogens with one attached hydrogen (secondary N) is 1. The van der Waals surface area contributed by atoms with Gasteiger partial charge in [-0.05, 0) is 37.8 Å². The molecule has 3 N–H and O–H groups in total. The number of aromatic amines is 1. The molecular weight excluding hydrogens is 454 g/mol. The van der Waals surface area contributed by atoms with Gasteiger partial charge in [-0.1, -0.05) is 36.4 Å². The number of methoxy groups -OCH3 is 1. The molecule has 9 heteroatoms. The maximum Gasteiger partial charge on any atom is 0.164 e. The molecule has 6 rings (SSSR count).